The monoisotopic (exact) mass is 660 g/mol. The van der Waals surface area contributed by atoms with Crippen LogP contribution in [-0.2, 0) is 25.6 Å². The molecule has 4 rings (SSSR count). The number of carbonyl (C=O) groups excluding carboxylic acids is 3. The van der Waals surface area contributed by atoms with Crippen molar-refractivity contribution < 1.29 is 19.2 Å². The Labute approximate surface area is 275 Å². The smallest absolute Gasteiger partial charge is 0.313 e. The van der Waals surface area contributed by atoms with E-state index < -0.39 is 29.4 Å². The van der Waals surface area contributed by atoms with Crippen LogP contribution >= 0.6 is 11.6 Å². The number of halogens is 1. The number of benzene rings is 2. The molecule has 47 heavy (non-hydrogen) atoms. The fraction of sp³-hybridized carbons (Fsp3) is 0.367. The third-order valence-corrected chi connectivity index (χ3v) is 7.11. The first-order valence-electron chi connectivity index (χ1n) is 14.6. The fourth-order valence-electron chi connectivity index (χ4n) is 4.50. The second-order valence-corrected chi connectivity index (χ2v) is 12.0. The van der Waals surface area contributed by atoms with Crippen LogP contribution in [0.1, 0.15) is 39.2 Å². The second kappa shape index (κ2) is 15.6. The molecule has 0 aliphatic carbocycles. The molecule has 0 spiro atoms. The van der Waals surface area contributed by atoms with E-state index in [4.69, 9.17) is 16.4 Å². The molecule has 0 unspecified atom stereocenters. The molecular formula is C30H33ClN12O4. The summed E-state index contributed by atoms with van der Waals surface area (Å²) in [6.45, 7) is 6.39. The van der Waals surface area contributed by atoms with Crippen molar-refractivity contribution in [1.29, 1.82) is 10.5 Å². The summed E-state index contributed by atoms with van der Waals surface area (Å²) >= 11 is 6.12. The highest BCUT2D eigenvalue weighted by Gasteiger charge is 2.27. The average Bonchev–Trinajstić information content (AvgIpc) is 3.58. The SMILES string of the molecule is CC(C)(C)ONC(=O)[C@H](Cc1ccc(N/C(=N/C#N)N2CCC(C#N)CC2)cc1)NC(=O)C(=O)Nc1cc(Cl)ccc1-n1cnnn1. The fourth-order valence-corrected chi connectivity index (χ4v) is 4.67. The van der Waals surface area contributed by atoms with Gasteiger partial charge in [0.05, 0.1) is 23.0 Å². The van der Waals surface area contributed by atoms with Gasteiger partial charge in [-0.05, 0) is 79.9 Å². The number of amides is 3. The van der Waals surface area contributed by atoms with Gasteiger partial charge in [-0.2, -0.15) is 15.2 Å². The molecule has 1 saturated heterocycles. The van der Waals surface area contributed by atoms with Gasteiger partial charge in [0, 0.05) is 36.1 Å². The van der Waals surface area contributed by atoms with Crippen LogP contribution in [0.2, 0.25) is 5.02 Å². The minimum atomic E-state index is -1.20. The molecule has 0 saturated carbocycles. The molecule has 0 bridgehead atoms. The largest absolute Gasteiger partial charge is 0.342 e. The number of hydrogen-bond donors (Lipinski definition) is 4. The van der Waals surface area contributed by atoms with Crippen molar-refractivity contribution in [3.63, 3.8) is 0 Å². The summed E-state index contributed by atoms with van der Waals surface area (Å²) in [6.07, 6.45) is 4.48. The van der Waals surface area contributed by atoms with E-state index in [9.17, 15) is 24.9 Å². The number of hydrogen-bond acceptors (Lipinski definition) is 10. The lowest BCUT2D eigenvalue weighted by atomic mass is 9.99. The Balaban J connectivity index is 1.46. The number of hydroxylamine groups is 1. The highest BCUT2D eigenvalue weighted by Crippen LogP contribution is 2.24. The maximum Gasteiger partial charge on any atom is 0.313 e. The normalized spacial score (nSPS) is 14.3. The zero-order valence-corrected chi connectivity index (χ0v) is 26.7. The number of aliphatic imine (C=N–C) groups is 1. The third-order valence-electron chi connectivity index (χ3n) is 6.87. The molecule has 3 amide bonds. The molecule has 16 nitrogen and oxygen atoms in total. The highest BCUT2D eigenvalue weighted by atomic mass is 35.5. The average molecular weight is 661 g/mol. The molecule has 244 valence electrons. The number of aromatic nitrogens is 4. The van der Waals surface area contributed by atoms with E-state index in [0.29, 0.717) is 53.9 Å². The molecule has 2 heterocycles. The van der Waals surface area contributed by atoms with Crippen molar-refractivity contribution in [1.82, 2.24) is 35.9 Å². The van der Waals surface area contributed by atoms with Crippen molar-refractivity contribution in [2.45, 2.75) is 51.7 Å². The van der Waals surface area contributed by atoms with Crippen LogP contribution in [0.25, 0.3) is 5.69 Å². The van der Waals surface area contributed by atoms with Gasteiger partial charge in [-0.3, -0.25) is 19.2 Å². The number of piperidine rings is 1. The summed E-state index contributed by atoms with van der Waals surface area (Å²) in [5.41, 5.74) is 3.44. The van der Waals surface area contributed by atoms with Gasteiger partial charge in [-0.1, -0.05) is 23.7 Å². The molecule has 0 radical (unpaired) electrons. The van der Waals surface area contributed by atoms with Gasteiger partial charge >= 0.3 is 11.8 Å². The zero-order valence-electron chi connectivity index (χ0n) is 25.9. The minimum absolute atomic E-state index is 0.00644. The van der Waals surface area contributed by atoms with Crippen LogP contribution in [0.15, 0.2) is 53.8 Å². The number of nitrogens with one attached hydrogen (secondary N) is 4. The first-order chi connectivity index (χ1) is 22.5. The lowest BCUT2D eigenvalue weighted by molar-refractivity contribution is -0.149. The lowest BCUT2D eigenvalue weighted by Crippen LogP contribution is -2.51. The number of guanidine groups is 1. The topological polar surface area (TPSA) is 215 Å². The summed E-state index contributed by atoms with van der Waals surface area (Å²) in [5, 5.41) is 37.8. The molecular weight excluding hydrogens is 628 g/mol. The predicted octanol–water partition coefficient (Wildman–Crippen LogP) is 2.31. The zero-order chi connectivity index (χ0) is 34.0. The van der Waals surface area contributed by atoms with E-state index in [1.807, 2.05) is 11.1 Å². The van der Waals surface area contributed by atoms with E-state index >= 15 is 0 Å². The molecule has 1 aliphatic heterocycles. The van der Waals surface area contributed by atoms with Crippen molar-refractivity contribution in [2.75, 3.05) is 23.7 Å². The molecule has 3 aromatic rings. The first-order valence-corrected chi connectivity index (χ1v) is 14.9. The highest BCUT2D eigenvalue weighted by molar-refractivity contribution is 6.40. The van der Waals surface area contributed by atoms with E-state index in [-0.39, 0.29) is 18.0 Å². The van der Waals surface area contributed by atoms with Crippen LogP contribution in [0.4, 0.5) is 11.4 Å². The van der Waals surface area contributed by atoms with Crippen molar-refractivity contribution in [3.8, 4) is 17.9 Å². The number of likely N-dealkylation sites (tertiary alicyclic amines) is 1. The summed E-state index contributed by atoms with van der Waals surface area (Å²) < 4.78 is 1.29. The minimum Gasteiger partial charge on any atom is -0.342 e. The van der Waals surface area contributed by atoms with Crippen LogP contribution < -0.4 is 21.4 Å². The quantitative estimate of drug-likeness (QED) is 0.0904. The van der Waals surface area contributed by atoms with Crippen molar-refractivity contribution >= 4 is 46.7 Å². The molecule has 2 aromatic carbocycles. The first kappa shape index (κ1) is 34.3. The number of carbonyl (C=O) groups is 3. The second-order valence-electron chi connectivity index (χ2n) is 11.5. The standard InChI is InChI=1S/C30H33ClN12O4/c1-30(2,3)47-39-26(44)24(38-28(46)27(45)37-23-15-21(31)6-9-25(23)43-18-35-40-41-43)14-19-4-7-22(8-5-19)36-29(34-17-33)42-12-10-20(16-32)11-13-42/h4-9,15,18,20,24H,10-14H2,1-3H3,(H,34,36)(H,37,45)(H,38,46)(H,39,44)/t24-/m0/s1. The molecule has 1 atom stereocenters. The Morgan fingerprint density at radius 3 is 2.43 bits per heavy atom. The van der Waals surface area contributed by atoms with E-state index in [1.165, 1.54) is 17.1 Å². The third kappa shape index (κ3) is 9.95. The van der Waals surface area contributed by atoms with Gasteiger partial charge in [0.25, 0.3) is 5.91 Å². The maximum atomic E-state index is 13.2. The maximum absolute atomic E-state index is 13.2. The Kier molecular flexibility index (Phi) is 11.4. The van der Waals surface area contributed by atoms with Crippen LogP contribution in [0, 0.1) is 28.7 Å². The van der Waals surface area contributed by atoms with Gasteiger partial charge in [-0.15, -0.1) is 10.1 Å². The summed E-state index contributed by atoms with van der Waals surface area (Å²) in [6, 6.07) is 12.6. The number of rotatable bonds is 8. The predicted molar refractivity (Wildman–Crippen MR) is 170 cm³/mol. The lowest BCUT2D eigenvalue weighted by Gasteiger charge is -2.31. The summed E-state index contributed by atoms with van der Waals surface area (Å²) in [4.78, 5) is 50.5. The number of tetrazole rings is 1. The Hall–Kier alpha value is -5.58. The molecule has 1 aliphatic rings. The number of nitrogens with zero attached hydrogens (tertiary/aromatic N) is 8. The Morgan fingerprint density at radius 2 is 1.81 bits per heavy atom. The summed E-state index contributed by atoms with van der Waals surface area (Å²) in [7, 11) is 0. The van der Waals surface area contributed by atoms with E-state index in [0.717, 1.165) is 0 Å². The Bertz CT molecular complexity index is 1680. The molecule has 1 aromatic heterocycles. The van der Waals surface area contributed by atoms with E-state index in [1.54, 1.807) is 57.2 Å². The Morgan fingerprint density at radius 1 is 1.09 bits per heavy atom. The summed E-state index contributed by atoms with van der Waals surface area (Å²) in [5.74, 6) is -2.47. The van der Waals surface area contributed by atoms with Crippen LogP contribution in [0.3, 0.4) is 0 Å². The number of nitriles is 2. The molecule has 17 heteroatoms. The van der Waals surface area contributed by atoms with Crippen molar-refractivity contribution in [3.05, 3.63) is 59.4 Å². The number of anilines is 2. The van der Waals surface area contributed by atoms with Gasteiger partial charge in [0.1, 0.15) is 12.4 Å². The molecule has 4 N–H and O–H groups in total. The van der Waals surface area contributed by atoms with Gasteiger partial charge in [-0.25, -0.2) is 5.48 Å². The molecule has 1 fully saturated rings. The van der Waals surface area contributed by atoms with Gasteiger partial charge < -0.3 is 20.9 Å². The van der Waals surface area contributed by atoms with Gasteiger partial charge in [0.2, 0.25) is 12.2 Å². The van der Waals surface area contributed by atoms with E-state index in [2.05, 4.69) is 48.0 Å². The van der Waals surface area contributed by atoms with Gasteiger partial charge in [0.15, 0.2) is 0 Å². The van der Waals surface area contributed by atoms with Crippen LogP contribution in [0.5, 0.6) is 0 Å². The van der Waals surface area contributed by atoms with Crippen molar-refractivity contribution in [2.24, 2.45) is 10.9 Å². The van der Waals surface area contributed by atoms with Crippen LogP contribution in [-0.4, -0.2) is 73.5 Å².